The van der Waals surface area contributed by atoms with E-state index in [1.807, 2.05) is 0 Å². The van der Waals surface area contributed by atoms with E-state index in [9.17, 15) is 9.59 Å². The zero-order valence-electron chi connectivity index (χ0n) is 16.3. The van der Waals surface area contributed by atoms with E-state index in [1.165, 1.54) is 30.2 Å². The van der Waals surface area contributed by atoms with Crippen LogP contribution in [0.4, 0.5) is 5.95 Å². The summed E-state index contributed by atoms with van der Waals surface area (Å²) in [6.07, 6.45) is 0. The molecule has 2 aromatic heterocycles. The Morgan fingerprint density at radius 2 is 2.00 bits per heavy atom. The van der Waals surface area contributed by atoms with Gasteiger partial charge in [0.05, 0.1) is 31.8 Å². The first kappa shape index (κ1) is 19.6. The topological polar surface area (TPSA) is 117 Å². The molecule has 4 rings (SSSR count). The van der Waals surface area contributed by atoms with Gasteiger partial charge in [-0.3, -0.25) is 4.79 Å². The van der Waals surface area contributed by atoms with Crippen molar-refractivity contribution < 1.29 is 23.8 Å². The summed E-state index contributed by atoms with van der Waals surface area (Å²) in [5.41, 5.74) is 0.697. The van der Waals surface area contributed by atoms with Gasteiger partial charge in [0.2, 0.25) is 11.7 Å². The lowest BCUT2D eigenvalue weighted by Gasteiger charge is -2.28. The number of nitrogens with zero attached hydrogens (tertiary/aromatic N) is 4. The molecule has 1 aliphatic heterocycles. The van der Waals surface area contributed by atoms with Crippen molar-refractivity contribution in [1.29, 1.82) is 0 Å². The highest BCUT2D eigenvalue weighted by Gasteiger charge is 2.40. The number of methoxy groups -OCH3 is 3. The number of Topliss-reactive ketones (excluding diaryl/α,β-unsaturated/α-hetero) is 1. The summed E-state index contributed by atoms with van der Waals surface area (Å²) in [7, 11) is 4.29. The number of allylic oxidation sites excluding steroid dienone is 1. The molecule has 3 heterocycles. The van der Waals surface area contributed by atoms with E-state index in [0.717, 1.165) is 0 Å². The first-order valence-electron chi connectivity index (χ1n) is 8.76. The maximum absolute atomic E-state index is 13.5. The van der Waals surface area contributed by atoms with Gasteiger partial charge in [0.1, 0.15) is 23.2 Å². The molecule has 154 valence electrons. The number of nitrogens with one attached hydrogen (secondary N) is 1. The molecule has 3 aromatic rings. The minimum Gasteiger partial charge on any atom is -0.497 e. The number of esters is 1. The fourth-order valence-corrected chi connectivity index (χ4v) is 3.94. The van der Waals surface area contributed by atoms with E-state index in [-0.39, 0.29) is 23.0 Å². The van der Waals surface area contributed by atoms with Crippen LogP contribution in [0.2, 0.25) is 0 Å². The number of hydrogen-bond donors (Lipinski definition) is 1. The zero-order valence-corrected chi connectivity index (χ0v) is 17.1. The van der Waals surface area contributed by atoms with E-state index >= 15 is 0 Å². The number of aromatic nitrogens is 4. The number of carbonyl (C=O) groups excluding carboxylic acids is 2. The van der Waals surface area contributed by atoms with Crippen LogP contribution in [0.15, 0.2) is 47.0 Å². The van der Waals surface area contributed by atoms with Gasteiger partial charge in [0.25, 0.3) is 0 Å². The summed E-state index contributed by atoms with van der Waals surface area (Å²) in [5, 5.41) is 16.3. The fraction of sp³-hybridized carbons (Fsp3) is 0.211. The van der Waals surface area contributed by atoms with E-state index in [4.69, 9.17) is 14.2 Å². The van der Waals surface area contributed by atoms with Crippen molar-refractivity contribution in [3.05, 3.63) is 57.4 Å². The highest BCUT2D eigenvalue weighted by atomic mass is 32.1. The summed E-state index contributed by atoms with van der Waals surface area (Å²) in [4.78, 5) is 26.5. The van der Waals surface area contributed by atoms with Crippen LogP contribution in [0.1, 0.15) is 21.3 Å². The second-order valence-corrected chi connectivity index (χ2v) is 7.12. The van der Waals surface area contributed by atoms with Gasteiger partial charge in [0.15, 0.2) is 0 Å². The van der Waals surface area contributed by atoms with Crippen LogP contribution in [0, 0.1) is 0 Å². The van der Waals surface area contributed by atoms with Crippen molar-refractivity contribution in [2.75, 3.05) is 26.6 Å². The van der Waals surface area contributed by atoms with Crippen LogP contribution >= 0.6 is 11.3 Å². The quantitative estimate of drug-likeness (QED) is 0.466. The Morgan fingerprint density at radius 1 is 1.17 bits per heavy atom. The number of fused-ring (bicyclic) bond motifs is 1. The summed E-state index contributed by atoms with van der Waals surface area (Å²) < 4.78 is 17.2. The zero-order chi connectivity index (χ0) is 21.3. The lowest BCUT2D eigenvalue weighted by molar-refractivity contribution is -0.136. The molecule has 0 bridgehead atoms. The number of ketones is 1. The molecule has 0 unspecified atom stereocenters. The molecule has 11 heteroatoms. The standard InChI is InChI=1S/C19H17N5O5S/c1-27-10-6-7-11(12(9-10)28-2)16-14(17(25)13-5-4-8-30-13)15(18(26)29-3)20-19-21-22-23-24(16)19/h4-9,16H,1-3H3,(H,20,21,23)/t16-/m0/s1. The van der Waals surface area contributed by atoms with Crippen molar-refractivity contribution in [2.24, 2.45) is 0 Å². The predicted octanol–water partition coefficient (Wildman–Crippen LogP) is 2.08. The van der Waals surface area contributed by atoms with Gasteiger partial charge in [-0.05, 0) is 34.0 Å². The molecule has 0 aliphatic carbocycles. The Bertz CT molecular complexity index is 1140. The Labute approximate surface area is 175 Å². The summed E-state index contributed by atoms with van der Waals surface area (Å²) in [5.74, 6) is 0.165. The van der Waals surface area contributed by atoms with Gasteiger partial charge in [-0.15, -0.1) is 11.3 Å². The van der Waals surface area contributed by atoms with Gasteiger partial charge < -0.3 is 19.5 Å². The summed E-state index contributed by atoms with van der Waals surface area (Å²) in [6, 6.07) is 7.78. The number of ether oxygens (including phenoxy) is 3. The third-order valence-electron chi connectivity index (χ3n) is 4.63. The highest BCUT2D eigenvalue weighted by Crippen LogP contribution is 2.41. The van der Waals surface area contributed by atoms with Crippen LogP contribution in [-0.2, 0) is 9.53 Å². The third kappa shape index (κ3) is 3.18. The highest BCUT2D eigenvalue weighted by molar-refractivity contribution is 7.12. The molecular formula is C19H17N5O5S. The van der Waals surface area contributed by atoms with Crippen molar-refractivity contribution in [1.82, 2.24) is 20.2 Å². The minimum atomic E-state index is -0.833. The number of anilines is 1. The molecule has 0 radical (unpaired) electrons. The van der Waals surface area contributed by atoms with Crippen LogP contribution in [0.25, 0.3) is 0 Å². The Hall–Kier alpha value is -3.73. The molecular weight excluding hydrogens is 410 g/mol. The van der Waals surface area contributed by atoms with Crippen LogP contribution in [0.3, 0.4) is 0 Å². The molecule has 0 saturated carbocycles. The fourth-order valence-electron chi connectivity index (χ4n) is 3.26. The normalized spacial score (nSPS) is 15.2. The molecule has 1 atom stereocenters. The van der Waals surface area contributed by atoms with Gasteiger partial charge in [0, 0.05) is 11.6 Å². The van der Waals surface area contributed by atoms with Crippen molar-refractivity contribution in [2.45, 2.75) is 6.04 Å². The molecule has 0 fully saturated rings. The monoisotopic (exact) mass is 427 g/mol. The number of tetrazole rings is 1. The van der Waals surface area contributed by atoms with Gasteiger partial charge in [-0.1, -0.05) is 11.2 Å². The summed E-state index contributed by atoms with van der Waals surface area (Å²) in [6.45, 7) is 0. The van der Waals surface area contributed by atoms with Crippen LogP contribution in [0.5, 0.6) is 11.5 Å². The van der Waals surface area contributed by atoms with Crippen molar-refractivity contribution in [3.8, 4) is 11.5 Å². The molecule has 1 aromatic carbocycles. The van der Waals surface area contributed by atoms with E-state index in [2.05, 4.69) is 20.8 Å². The second kappa shape index (κ2) is 7.95. The molecule has 0 saturated heterocycles. The first-order chi connectivity index (χ1) is 14.6. The van der Waals surface area contributed by atoms with Crippen LogP contribution in [-0.4, -0.2) is 53.3 Å². The number of benzene rings is 1. The van der Waals surface area contributed by atoms with Crippen molar-refractivity contribution >= 4 is 29.0 Å². The Balaban J connectivity index is 1.99. The minimum absolute atomic E-state index is 0.0268. The maximum Gasteiger partial charge on any atom is 0.355 e. The molecule has 1 aliphatic rings. The van der Waals surface area contributed by atoms with Gasteiger partial charge in [-0.2, -0.15) is 4.68 Å². The SMILES string of the molecule is COC(=O)C1=C(C(=O)c2cccs2)[C@H](c2ccc(OC)cc2OC)n2nnnc2N1. The van der Waals surface area contributed by atoms with Gasteiger partial charge >= 0.3 is 5.97 Å². The summed E-state index contributed by atoms with van der Waals surface area (Å²) >= 11 is 1.27. The average molecular weight is 427 g/mol. The number of rotatable bonds is 6. The predicted molar refractivity (Wildman–Crippen MR) is 107 cm³/mol. The van der Waals surface area contributed by atoms with E-state index < -0.39 is 12.0 Å². The lowest BCUT2D eigenvalue weighted by atomic mass is 9.91. The molecule has 0 spiro atoms. The molecule has 1 N–H and O–H groups in total. The Morgan fingerprint density at radius 3 is 2.67 bits per heavy atom. The number of thiophene rings is 1. The van der Waals surface area contributed by atoms with Gasteiger partial charge in [-0.25, -0.2) is 4.79 Å². The smallest absolute Gasteiger partial charge is 0.355 e. The van der Waals surface area contributed by atoms with Crippen LogP contribution < -0.4 is 14.8 Å². The molecule has 30 heavy (non-hydrogen) atoms. The number of carbonyl (C=O) groups is 2. The Kier molecular flexibility index (Phi) is 5.19. The molecule has 10 nitrogen and oxygen atoms in total. The van der Waals surface area contributed by atoms with Crippen molar-refractivity contribution in [3.63, 3.8) is 0 Å². The number of hydrogen-bond acceptors (Lipinski definition) is 10. The third-order valence-corrected chi connectivity index (χ3v) is 5.50. The average Bonchev–Trinajstić information content (AvgIpc) is 3.48. The largest absolute Gasteiger partial charge is 0.497 e. The second-order valence-electron chi connectivity index (χ2n) is 6.17. The maximum atomic E-state index is 13.5. The molecule has 0 amide bonds. The van der Waals surface area contributed by atoms with E-state index in [1.54, 1.807) is 42.8 Å². The van der Waals surface area contributed by atoms with E-state index in [0.29, 0.717) is 21.9 Å². The first-order valence-corrected chi connectivity index (χ1v) is 9.64. The lowest BCUT2D eigenvalue weighted by Crippen LogP contribution is -2.33.